The van der Waals surface area contributed by atoms with Crippen LogP contribution in [0, 0.1) is 0 Å². The first kappa shape index (κ1) is 15.4. The van der Waals surface area contributed by atoms with Crippen molar-refractivity contribution in [1.29, 1.82) is 0 Å². The molecule has 0 unspecified atom stereocenters. The van der Waals surface area contributed by atoms with Crippen LogP contribution in [0.3, 0.4) is 0 Å². The van der Waals surface area contributed by atoms with Crippen molar-refractivity contribution in [3.63, 3.8) is 0 Å². The summed E-state index contributed by atoms with van der Waals surface area (Å²) in [5.41, 5.74) is 0. The van der Waals surface area contributed by atoms with Crippen molar-refractivity contribution in [3.05, 3.63) is 12.1 Å². The van der Waals surface area contributed by atoms with Crippen molar-refractivity contribution in [2.75, 3.05) is 17.2 Å². The van der Waals surface area contributed by atoms with Crippen LogP contribution in [0.5, 0.6) is 0 Å². The number of amides is 1. The number of rotatable bonds is 9. The predicted molar refractivity (Wildman–Crippen MR) is 78.2 cm³/mol. The number of unbranched alkanes of at least 4 members (excludes halogenated alkanes) is 3. The Hall–Kier alpha value is -1.65. The Morgan fingerprint density at radius 2 is 1.74 bits per heavy atom. The largest absolute Gasteiger partial charge is 0.369 e. The third-order valence-corrected chi connectivity index (χ3v) is 2.78. The summed E-state index contributed by atoms with van der Waals surface area (Å²) in [6.45, 7) is 5.15. The highest BCUT2D eigenvalue weighted by molar-refractivity contribution is 5.89. The van der Waals surface area contributed by atoms with Crippen LogP contribution >= 0.6 is 0 Å². The molecule has 0 atom stereocenters. The minimum Gasteiger partial charge on any atom is -0.369 e. The number of anilines is 2. The van der Waals surface area contributed by atoms with E-state index in [1.54, 1.807) is 6.07 Å². The van der Waals surface area contributed by atoms with Gasteiger partial charge in [0, 0.05) is 13.0 Å². The smallest absolute Gasteiger partial charge is 0.225 e. The van der Waals surface area contributed by atoms with Crippen molar-refractivity contribution in [2.45, 2.75) is 52.4 Å². The van der Waals surface area contributed by atoms with Gasteiger partial charge in [0.1, 0.15) is 5.82 Å². The zero-order chi connectivity index (χ0) is 13.9. The zero-order valence-electron chi connectivity index (χ0n) is 11.9. The lowest BCUT2D eigenvalue weighted by Crippen LogP contribution is -2.13. The first-order valence-corrected chi connectivity index (χ1v) is 7.13. The molecular weight excluding hydrogens is 240 g/mol. The Morgan fingerprint density at radius 3 is 2.37 bits per heavy atom. The standard InChI is InChI=1S/C14H24N4O/c1-3-5-7-11-15-12-9-10-13(18-17-12)16-14(19)8-6-4-2/h9-10H,3-8,11H2,1-2H3,(H,15,17)(H,16,18,19). The Kier molecular flexibility index (Phi) is 7.54. The van der Waals surface area contributed by atoms with E-state index in [1.165, 1.54) is 12.8 Å². The normalized spacial score (nSPS) is 10.2. The van der Waals surface area contributed by atoms with Crippen LogP contribution in [-0.4, -0.2) is 22.6 Å². The van der Waals surface area contributed by atoms with E-state index >= 15 is 0 Å². The second-order valence-corrected chi connectivity index (χ2v) is 4.59. The SMILES string of the molecule is CCCCCNc1ccc(NC(=O)CCCC)nn1. The molecule has 0 aromatic carbocycles. The number of hydrogen-bond donors (Lipinski definition) is 2. The maximum atomic E-state index is 11.5. The van der Waals surface area contributed by atoms with Crippen LogP contribution in [-0.2, 0) is 4.79 Å². The lowest BCUT2D eigenvalue weighted by Gasteiger charge is -2.06. The van der Waals surface area contributed by atoms with Crippen LogP contribution in [0.2, 0.25) is 0 Å². The molecule has 0 radical (unpaired) electrons. The highest BCUT2D eigenvalue weighted by Crippen LogP contribution is 2.07. The highest BCUT2D eigenvalue weighted by Gasteiger charge is 2.03. The lowest BCUT2D eigenvalue weighted by atomic mass is 10.2. The van der Waals surface area contributed by atoms with Gasteiger partial charge in [-0.05, 0) is 25.0 Å². The summed E-state index contributed by atoms with van der Waals surface area (Å²) in [5.74, 6) is 1.27. The average molecular weight is 264 g/mol. The van der Waals surface area contributed by atoms with E-state index in [2.05, 4.69) is 34.7 Å². The molecule has 106 valence electrons. The number of nitrogens with zero attached hydrogens (tertiary/aromatic N) is 2. The van der Waals surface area contributed by atoms with Crippen molar-refractivity contribution in [1.82, 2.24) is 10.2 Å². The molecule has 0 fully saturated rings. The number of aromatic nitrogens is 2. The Labute approximate surface area is 115 Å². The van der Waals surface area contributed by atoms with E-state index in [4.69, 9.17) is 0 Å². The van der Waals surface area contributed by atoms with Crippen LogP contribution in [0.4, 0.5) is 11.6 Å². The van der Waals surface area contributed by atoms with Crippen LogP contribution in [0.15, 0.2) is 12.1 Å². The maximum Gasteiger partial charge on any atom is 0.225 e. The summed E-state index contributed by atoms with van der Waals surface area (Å²) in [4.78, 5) is 11.5. The van der Waals surface area contributed by atoms with E-state index in [1.807, 2.05) is 6.07 Å². The first-order chi connectivity index (χ1) is 9.26. The van der Waals surface area contributed by atoms with E-state index in [9.17, 15) is 4.79 Å². The number of nitrogens with one attached hydrogen (secondary N) is 2. The fourth-order valence-electron chi connectivity index (χ4n) is 1.63. The molecule has 1 rings (SSSR count). The molecular formula is C14H24N4O. The maximum absolute atomic E-state index is 11.5. The van der Waals surface area contributed by atoms with Gasteiger partial charge in [0.15, 0.2) is 5.82 Å². The van der Waals surface area contributed by atoms with Crippen molar-refractivity contribution in [3.8, 4) is 0 Å². The Bertz CT molecular complexity index is 364. The monoisotopic (exact) mass is 264 g/mol. The van der Waals surface area contributed by atoms with E-state index in [0.717, 1.165) is 31.6 Å². The molecule has 2 N–H and O–H groups in total. The van der Waals surface area contributed by atoms with E-state index < -0.39 is 0 Å². The summed E-state index contributed by atoms with van der Waals surface area (Å²) >= 11 is 0. The van der Waals surface area contributed by atoms with Gasteiger partial charge in [0.05, 0.1) is 0 Å². The van der Waals surface area contributed by atoms with Crippen molar-refractivity contribution < 1.29 is 4.79 Å². The highest BCUT2D eigenvalue weighted by atomic mass is 16.1. The van der Waals surface area contributed by atoms with Gasteiger partial charge < -0.3 is 10.6 Å². The minimum atomic E-state index is -0.000181. The van der Waals surface area contributed by atoms with Gasteiger partial charge >= 0.3 is 0 Å². The molecule has 5 heteroatoms. The van der Waals surface area contributed by atoms with Crippen molar-refractivity contribution in [2.24, 2.45) is 0 Å². The predicted octanol–water partition coefficient (Wildman–Crippen LogP) is 3.21. The third-order valence-electron chi connectivity index (χ3n) is 2.78. The minimum absolute atomic E-state index is 0.000181. The number of carbonyl (C=O) groups excluding carboxylic acids is 1. The molecule has 19 heavy (non-hydrogen) atoms. The molecule has 0 saturated carbocycles. The van der Waals surface area contributed by atoms with Crippen LogP contribution in [0.25, 0.3) is 0 Å². The molecule has 1 heterocycles. The zero-order valence-corrected chi connectivity index (χ0v) is 11.9. The second-order valence-electron chi connectivity index (χ2n) is 4.59. The van der Waals surface area contributed by atoms with Gasteiger partial charge in [-0.1, -0.05) is 33.1 Å². The molecule has 0 bridgehead atoms. The molecule has 1 aromatic rings. The summed E-state index contributed by atoms with van der Waals surface area (Å²) in [6, 6.07) is 3.62. The van der Waals surface area contributed by atoms with E-state index in [0.29, 0.717) is 12.2 Å². The van der Waals surface area contributed by atoms with Gasteiger partial charge in [-0.25, -0.2) is 0 Å². The fourth-order valence-corrected chi connectivity index (χ4v) is 1.63. The molecule has 0 aliphatic heterocycles. The number of carbonyl (C=O) groups is 1. The summed E-state index contributed by atoms with van der Waals surface area (Å²) in [5, 5.41) is 14.0. The Balaban J connectivity index is 2.32. The Morgan fingerprint density at radius 1 is 1.05 bits per heavy atom. The van der Waals surface area contributed by atoms with Gasteiger partial charge in [-0.15, -0.1) is 10.2 Å². The van der Waals surface area contributed by atoms with E-state index in [-0.39, 0.29) is 5.91 Å². The molecule has 0 saturated heterocycles. The van der Waals surface area contributed by atoms with Crippen LogP contribution in [0.1, 0.15) is 52.4 Å². The van der Waals surface area contributed by atoms with Gasteiger partial charge in [-0.3, -0.25) is 4.79 Å². The molecule has 1 amide bonds. The van der Waals surface area contributed by atoms with Crippen molar-refractivity contribution >= 4 is 17.5 Å². The lowest BCUT2D eigenvalue weighted by molar-refractivity contribution is -0.116. The molecule has 5 nitrogen and oxygen atoms in total. The molecule has 0 aliphatic carbocycles. The molecule has 0 spiro atoms. The van der Waals surface area contributed by atoms with Gasteiger partial charge in [0.2, 0.25) is 5.91 Å². The summed E-state index contributed by atoms with van der Waals surface area (Å²) < 4.78 is 0. The molecule has 1 aromatic heterocycles. The van der Waals surface area contributed by atoms with Crippen LogP contribution < -0.4 is 10.6 Å². The quantitative estimate of drug-likeness (QED) is 0.672. The molecule has 0 aliphatic rings. The van der Waals surface area contributed by atoms with Gasteiger partial charge in [0.25, 0.3) is 0 Å². The first-order valence-electron chi connectivity index (χ1n) is 7.13. The number of hydrogen-bond acceptors (Lipinski definition) is 4. The second kappa shape index (κ2) is 9.30. The fraction of sp³-hybridized carbons (Fsp3) is 0.643. The van der Waals surface area contributed by atoms with Gasteiger partial charge in [-0.2, -0.15) is 0 Å². The summed E-state index contributed by atoms with van der Waals surface area (Å²) in [6.07, 6.45) is 6.00. The third kappa shape index (κ3) is 6.74. The summed E-state index contributed by atoms with van der Waals surface area (Å²) in [7, 11) is 0. The topological polar surface area (TPSA) is 66.9 Å². The average Bonchev–Trinajstić information content (AvgIpc) is 2.43.